The van der Waals surface area contributed by atoms with Gasteiger partial charge < -0.3 is 4.90 Å². The molecule has 1 unspecified atom stereocenters. The predicted molar refractivity (Wildman–Crippen MR) is 94.8 cm³/mol. The topological polar surface area (TPSA) is 110 Å². The van der Waals surface area contributed by atoms with Crippen molar-refractivity contribution in [3.63, 3.8) is 0 Å². The molecular formula is C18H18N2O6S. The van der Waals surface area contributed by atoms with Crippen LogP contribution < -0.4 is 5.32 Å². The lowest BCUT2D eigenvalue weighted by molar-refractivity contribution is -0.136. The van der Waals surface area contributed by atoms with Crippen LogP contribution in [0.4, 0.5) is 0 Å². The third-order valence-electron chi connectivity index (χ3n) is 4.33. The Morgan fingerprint density at radius 2 is 2.07 bits per heavy atom. The summed E-state index contributed by atoms with van der Waals surface area (Å²) in [6.45, 7) is 0.202. The lowest BCUT2D eigenvalue weighted by Gasteiger charge is -2.29. The highest BCUT2D eigenvalue weighted by Gasteiger charge is 2.39. The summed E-state index contributed by atoms with van der Waals surface area (Å²) in [6, 6.07) is 4.49. The fourth-order valence-electron chi connectivity index (χ4n) is 3.10. The molecule has 0 aliphatic carbocycles. The van der Waals surface area contributed by atoms with Crippen LogP contribution in [0.3, 0.4) is 0 Å². The van der Waals surface area contributed by atoms with Gasteiger partial charge in [0.05, 0.1) is 12.9 Å². The molecule has 9 heteroatoms. The molecule has 1 saturated heterocycles. The van der Waals surface area contributed by atoms with Gasteiger partial charge in [-0.1, -0.05) is 17.9 Å². The van der Waals surface area contributed by atoms with Crippen LogP contribution in [-0.4, -0.2) is 49.9 Å². The van der Waals surface area contributed by atoms with Gasteiger partial charge >= 0.3 is 0 Å². The van der Waals surface area contributed by atoms with E-state index in [1.54, 1.807) is 18.2 Å². The number of hydrogen-bond acceptors (Lipinski definition) is 6. The van der Waals surface area contributed by atoms with Gasteiger partial charge in [0, 0.05) is 30.5 Å². The predicted octanol–water partition coefficient (Wildman–Crippen LogP) is 0.165. The van der Waals surface area contributed by atoms with E-state index in [4.69, 9.17) is 0 Å². The molecule has 27 heavy (non-hydrogen) atoms. The van der Waals surface area contributed by atoms with Gasteiger partial charge in [-0.25, -0.2) is 0 Å². The standard InChI is InChI=1S/C18H18N2O6S/c1-27(24,25)26-10-3-2-5-12-6-4-7-13-14(12)11-20(18(13)23)15-8-9-16(21)19-17(15)22/h4,6-7,15H,3,8-11H2,1H3,(H,19,21,22). The van der Waals surface area contributed by atoms with Crippen molar-refractivity contribution in [3.8, 4) is 11.8 Å². The Balaban J connectivity index is 1.74. The van der Waals surface area contributed by atoms with Gasteiger partial charge in [0.25, 0.3) is 16.0 Å². The molecule has 0 bridgehead atoms. The maximum atomic E-state index is 12.7. The number of fused-ring (bicyclic) bond motifs is 1. The molecule has 0 radical (unpaired) electrons. The molecule has 0 aromatic heterocycles. The van der Waals surface area contributed by atoms with Crippen LogP contribution in [-0.2, 0) is 30.4 Å². The lowest BCUT2D eigenvalue weighted by Crippen LogP contribution is -2.52. The monoisotopic (exact) mass is 390 g/mol. The summed E-state index contributed by atoms with van der Waals surface area (Å²) in [6.07, 6.45) is 1.69. The molecule has 142 valence electrons. The van der Waals surface area contributed by atoms with Crippen molar-refractivity contribution in [2.45, 2.75) is 31.8 Å². The van der Waals surface area contributed by atoms with Crippen molar-refractivity contribution in [1.29, 1.82) is 0 Å². The Hall–Kier alpha value is -2.70. The summed E-state index contributed by atoms with van der Waals surface area (Å²) < 4.78 is 26.5. The SMILES string of the molecule is CS(=O)(=O)OCCC#Cc1cccc2c1CN(C1CCC(=O)NC1=O)C2=O. The van der Waals surface area contributed by atoms with E-state index in [-0.39, 0.29) is 37.8 Å². The normalized spacial score (nSPS) is 19.4. The molecule has 3 rings (SSSR count). The van der Waals surface area contributed by atoms with Crippen LogP contribution in [0.1, 0.15) is 40.7 Å². The fraction of sp³-hybridized carbons (Fsp3) is 0.389. The van der Waals surface area contributed by atoms with E-state index in [0.717, 1.165) is 11.8 Å². The number of nitrogens with zero attached hydrogens (tertiary/aromatic N) is 1. The first-order chi connectivity index (χ1) is 12.8. The van der Waals surface area contributed by atoms with E-state index in [2.05, 4.69) is 21.3 Å². The van der Waals surface area contributed by atoms with Gasteiger partial charge in [0.2, 0.25) is 11.8 Å². The van der Waals surface area contributed by atoms with Crippen LogP contribution in [0.2, 0.25) is 0 Å². The van der Waals surface area contributed by atoms with Crippen molar-refractivity contribution in [1.82, 2.24) is 10.2 Å². The van der Waals surface area contributed by atoms with Crippen LogP contribution in [0.25, 0.3) is 0 Å². The molecule has 1 fully saturated rings. The molecule has 3 amide bonds. The first kappa shape index (κ1) is 19.1. The molecule has 1 N–H and O–H groups in total. The number of carbonyl (C=O) groups is 3. The van der Waals surface area contributed by atoms with E-state index in [1.807, 2.05) is 0 Å². The number of imide groups is 1. The van der Waals surface area contributed by atoms with Gasteiger partial charge in [0.1, 0.15) is 6.04 Å². The first-order valence-corrected chi connectivity index (χ1v) is 10.2. The molecule has 0 saturated carbocycles. The van der Waals surface area contributed by atoms with Gasteiger partial charge in [-0.3, -0.25) is 23.9 Å². The van der Waals surface area contributed by atoms with Crippen molar-refractivity contribution in [2.24, 2.45) is 0 Å². The molecule has 2 aliphatic heterocycles. The van der Waals surface area contributed by atoms with E-state index in [0.29, 0.717) is 17.5 Å². The third kappa shape index (κ3) is 4.35. The Morgan fingerprint density at radius 1 is 1.30 bits per heavy atom. The Kier molecular flexibility index (Phi) is 5.30. The number of rotatable bonds is 4. The molecule has 8 nitrogen and oxygen atoms in total. The van der Waals surface area contributed by atoms with Crippen LogP contribution in [0, 0.1) is 11.8 Å². The zero-order chi connectivity index (χ0) is 19.6. The summed E-state index contributed by atoms with van der Waals surface area (Å²) in [5.41, 5.74) is 1.86. The van der Waals surface area contributed by atoms with E-state index in [9.17, 15) is 22.8 Å². The fourth-order valence-corrected chi connectivity index (χ4v) is 3.49. The van der Waals surface area contributed by atoms with E-state index >= 15 is 0 Å². The highest BCUT2D eigenvalue weighted by atomic mass is 32.2. The van der Waals surface area contributed by atoms with Crippen LogP contribution >= 0.6 is 0 Å². The zero-order valence-electron chi connectivity index (χ0n) is 14.6. The largest absolute Gasteiger partial charge is 0.322 e. The minimum absolute atomic E-state index is 0.0395. The summed E-state index contributed by atoms with van der Waals surface area (Å²) >= 11 is 0. The minimum Gasteiger partial charge on any atom is -0.322 e. The van der Waals surface area contributed by atoms with E-state index in [1.165, 1.54) is 4.90 Å². The third-order valence-corrected chi connectivity index (χ3v) is 4.92. The second kappa shape index (κ2) is 7.50. The quantitative estimate of drug-likeness (QED) is 0.340. The average Bonchev–Trinajstić information content (AvgIpc) is 2.91. The highest BCUT2D eigenvalue weighted by molar-refractivity contribution is 7.85. The Labute approximate surface area is 157 Å². The zero-order valence-corrected chi connectivity index (χ0v) is 15.5. The number of hydrogen-bond donors (Lipinski definition) is 1. The molecular weight excluding hydrogens is 372 g/mol. The average molecular weight is 390 g/mol. The van der Waals surface area contributed by atoms with Gasteiger partial charge in [0.15, 0.2) is 0 Å². The molecule has 2 heterocycles. The Bertz CT molecular complexity index is 973. The Morgan fingerprint density at radius 3 is 2.78 bits per heavy atom. The molecule has 1 aromatic rings. The minimum atomic E-state index is -3.50. The van der Waals surface area contributed by atoms with Crippen molar-refractivity contribution in [3.05, 3.63) is 34.9 Å². The van der Waals surface area contributed by atoms with Crippen LogP contribution in [0.15, 0.2) is 18.2 Å². The highest BCUT2D eigenvalue weighted by Crippen LogP contribution is 2.29. The second-order valence-corrected chi connectivity index (χ2v) is 7.95. The number of amides is 3. The van der Waals surface area contributed by atoms with Crippen molar-refractivity contribution in [2.75, 3.05) is 12.9 Å². The molecule has 2 aliphatic rings. The number of benzene rings is 1. The van der Waals surface area contributed by atoms with E-state index < -0.39 is 22.1 Å². The number of carbonyl (C=O) groups excluding carboxylic acids is 3. The maximum Gasteiger partial charge on any atom is 0.264 e. The first-order valence-electron chi connectivity index (χ1n) is 8.36. The summed E-state index contributed by atoms with van der Waals surface area (Å²) in [7, 11) is -3.50. The second-order valence-electron chi connectivity index (χ2n) is 6.31. The van der Waals surface area contributed by atoms with Crippen molar-refractivity contribution >= 4 is 27.8 Å². The molecule has 0 spiro atoms. The summed E-state index contributed by atoms with van der Waals surface area (Å²) in [5, 5.41) is 2.27. The molecule has 1 atom stereocenters. The van der Waals surface area contributed by atoms with Gasteiger partial charge in [-0.2, -0.15) is 8.42 Å². The van der Waals surface area contributed by atoms with Crippen molar-refractivity contribution < 1.29 is 27.0 Å². The lowest BCUT2D eigenvalue weighted by atomic mass is 10.0. The maximum absolute atomic E-state index is 12.7. The number of nitrogens with one attached hydrogen (secondary N) is 1. The number of piperidine rings is 1. The van der Waals surface area contributed by atoms with Crippen LogP contribution in [0.5, 0.6) is 0 Å². The smallest absolute Gasteiger partial charge is 0.264 e. The van der Waals surface area contributed by atoms with Gasteiger partial charge in [-0.15, -0.1) is 0 Å². The van der Waals surface area contributed by atoms with Gasteiger partial charge in [-0.05, 0) is 24.1 Å². The summed E-state index contributed by atoms with van der Waals surface area (Å²) in [4.78, 5) is 37.6. The summed E-state index contributed by atoms with van der Waals surface area (Å²) in [5.74, 6) is 4.72. The molecule has 1 aromatic carbocycles.